The number of nitrogens with one attached hydrogen (secondary N) is 1. The van der Waals surface area contributed by atoms with Gasteiger partial charge >= 0.3 is 18.1 Å². The topological polar surface area (TPSA) is 126 Å². The summed E-state index contributed by atoms with van der Waals surface area (Å²) in [5, 5.41) is 0. The molecule has 0 bridgehead atoms. The van der Waals surface area contributed by atoms with Crippen molar-refractivity contribution >= 4 is 21.2 Å². The van der Waals surface area contributed by atoms with E-state index < -0.39 is 33.4 Å². The van der Waals surface area contributed by atoms with Crippen molar-refractivity contribution in [2.75, 3.05) is 12.8 Å². The number of sulfonamides is 1. The molecule has 2 aromatic heterocycles. The molecule has 0 amide bonds. The molecule has 15 heteroatoms. The molecule has 0 aliphatic rings. The van der Waals surface area contributed by atoms with Crippen LogP contribution in [0.15, 0.2) is 58.1 Å². The zero-order valence-corrected chi connectivity index (χ0v) is 22.5. The second-order valence-corrected chi connectivity index (χ2v) is 10.9. The maximum atomic E-state index is 13.6. The number of nitrogens with zero attached hydrogens (tertiary/aromatic N) is 4. The van der Waals surface area contributed by atoms with E-state index in [2.05, 4.69) is 14.4 Å². The predicted octanol–water partition coefficient (Wildman–Crippen LogP) is 2.88. The molecule has 0 aliphatic carbocycles. The number of aryl methyl sites for hydroxylation is 2. The molecule has 4 aromatic rings. The Morgan fingerprint density at radius 1 is 1.02 bits per heavy atom. The Kier molecular flexibility index (Phi) is 8.07. The largest absolute Gasteiger partial charge is 0.573 e. The lowest BCUT2D eigenvalue weighted by molar-refractivity contribution is -0.274. The predicted molar refractivity (Wildman–Crippen MR) is 140 cm³/mol. The van der Waals surface area contributed by atoms with Crippen molar-refractivity contribution < 1.29 is 31.1 Å². The summed E-state index contributed by atoms with van der Waals surface area (Å²) in [5.41, 5.74) is 0.442. The van der Waals surface area contributed by atoms with Crippen molar-refractivity contribution in [3.05, 3.63) is 80.5 Å². The molecule has 214 valence electrons. The van der Waals surface area contributed by atoms with Gasteiger partial charge in [-0.25, -0.2) is 17.9 Å². The van der Waals surface area contributed by atoms with Gasteiger partial charge < -0.3 is 9.47 Å². The first-order valence-corrected chi connectivity index (χ1v) is 13.8. The second kappa shape index (κ2) is 11.2. The van der Waals surface area contributed by atoms with E-state index in [1.54, 1.807) is 0 Å². The van der Waals surface area contributed by atoms with Crippen LogP contribution in [-0.4, -0.2) is 46.3 Å². The molecular formula is C25H26F3N5O6S. The summed E-state index contributed by atoms with van der Waals surface area (Å²) < 4.78 is 76.6. The van der Waals surface area contributed by atoms with Gasteiger partial charge in [-0.3, -0.25) is 18.5 Å². The normalized spacial score (nSPS) is 12.2. The lowest BCUT2D eigenvalue weighted by Crippen LogP contribution is -2.40. The van der Waals surface area contributed by atoms with Gasteiger partial charge in [0.15, 0.2) is 11.2 Å². The zero-order chi connectivity index (χ0) is 29.2. The first-order valence-electron chi connectivity index (χ1n) is 12.0. The molecule has 0 spiro atoms. The number of halogens is 3. The van der Waals surface area contributed by atoms with Gasteiger partial charge in [0.2, 0.25) is 10.0 Å². The monoisotopic (exact) mass is 581 g/mol. The van der Waals surface area contributed by atoms with Gasteiger partial charge in [0.1, 0.15) is 11.5 Å². The van der Waals surface area contributed by atoms with Crippen LogP contribution in [0.1, 0.15) is 17.5 Å². The third-order valence-electron chi connectivity index (χ3n) is 5.83. The molecule has 1 N–H and O–H groups in total. The molecule has 0 fully saturated rings. The Hall–Kier alpha value is -4.11. The summed E-state index contributed by atoms with van der Waals surface area (Å²) in [6.07, 6.45) is -3.74. The van der Waals surface area contributed by atoms with Gasteiger partial charge in [-0.2, -0.15) is 4.98 Å². The van der Waals surface area contributed by atoms with Gasteiger partial charge in [-0.15, -0.1) is 13.2 Å². The first kappa shape index (κ1) is 28.9. The maximum Gasteiger partial charge on any atom is 0.573 e. The van der Waals surface area contributed by atoms with E-state index in [4.69, 9.17) is 4.74 Å². The minimum absolute atomic E-state index is 0.00492. The number of alkyl halides is 3. The molecule has 4 rings (SSSR count). The highest BCUT2D eigenvalue weighted by atomic mass is 32.2. The molecule has 0 radical (unpaired) electrons. The van der Waals surface area contributed by atoms with Gasteiger partial charge in [0.25, 0.3) is 5.56 Å². The van der Waals surface area contributed by atoms with Crippen LogP contribution < -0.4 is 25.4 Å². The SMILES string of the molecule is Cc1ccc(Cn2c(Oc3cccc(OC(F)(F)F)c3)nc3c2c(=O)n(CCCNS(C)(=O)=O)c(=O)n3C)cc1. The number of aromatic nitrogens is 4. The summed E-state index contributed by atoms with van der Waals surface area (Å²) in [6, 6.07) is 12.1. The highest BCUT2D eigenvalue weighted by Crippen LogP contribution is 2.30. The van der Waals surface area contributed by atoms with Crippen LogP contribution in [0.2, 0.25) is 0 Å². The van der Waals surface area contributed by atoms with E-state index >= 15 is 0 Å². The standard InChI is InChI=1S/C25H26F3N5O6S/c1-16-8-10-17(11-9-16)15-33-20-21(30-23(33)38-18-6-4-7-19(14-18)39-25(26,27)28)31(2)24(35)32(22(20)34)13-5-12-29-40(3,36)37/h4,6-11,14,29H,5,12-13,15H2,1-3H3. The summed E-state index contributed by atoms with van der Waals surface area (Å²) in [5.74, 6) is -0.553. The fraction of sp³-hybridized carbons (Fsp3) is 0.320. The van der Waals surface area contributed by atoms with E-state index in [1.807, 2.05) is 31.2 Å². The van der Waals surface area contributed by atoms with E-state index in [1.165, 1.54) is 23.7 Å². The second-order valence-electron chi connectivity index (χ2n) is 9.08. The van der Waals surface area contributed by atoms with Crippen molar-refractivity contribution in [3.8, 4) is 17.5 Å². The van der Waals surface area contributed by atoms with E-state index in [9.17, 15) is 31.2 Å². The fourth-order valence-electron chi connectivity index (χ4n) is 3.98. The van der Waals surface area contributed by atoms with E-state index in [0.29, 0.717) is 0 Å². The smallest absolute Gasteiger partial charge is 0.425 e. The number of hydrogen-bond acceptors (Lipinski definition) is 7. The van der Waals surface area contributed by atoms with Crippen LogP contribution in [0, 0.1) is 6.92 Å². The molecule has 0 saturated heterocycles. The fourth-order valence-corrected chi connectivity index (χ4v) is 4.50. The minimum atomic E-state index is -4.91. The van der Waals surface area contributed by atoms with Gasteiger partial charge in [-0.1, -0.05) is 35.9 Å². The van der Waals surface area contributed by atoms with Crippen molar-refractivity contribution in [2.45, 2.75) is 32.8 Å². The minimum Gasteiger partial charge on any atom is -0.425 e. The first-order chi connectivity index (χ1) is 18.7. The van der Waals surface area contributed by atoms with Gasteiger partial charge in [0, 0.05) is 26.2 Å². The van der Waals surface area contributed by atoms with Crippen LogP contribution in [0.4, 0.5) is 13.2 Å². The third kappa shape index (κ3) is 6.90. The molecule has 0 atom stereocenters. The molecule has 0 aliphatic heterocycles. The molecule has 2 heterocycles. The summed E-state index contributed by atoms with van der Waals surface area (Å²) in [6.45, 7) is 1.94. The third-order valence-corrected chi connectivity index (χ3v) is 6.56. The molecule has 2 aromatic carbocycles. The highest BCUT2D eigenvalue weighted by molar-refractivity contribution is 7.88. The Balaban J connectivity index is 1.80. The summed E-state index contributed by atoms with van der Waals surface area (Å²) in [4.78, 5) is 31.0. The number of imidazole rings is 1. The molecule has 11 nitrogen and oxygen atoms in total. The maximum absolute atomic E-state index is 13.6. The molecule has 0 unspecified atom stereocenters. The van der Waals surface area contributed by atoms with Gasteiger partial charge in [-0.05, 0) is 31.0 Å². The van der Waals surface area contributed by atoms with E-state index in [-0.39, 0.29) is 49.0 Å². The summed E-state index contributed by atoms with van der Waals surface area (Å²) in [7, 11) is -2.03. The van der Waals surface area contributed by atoms with E-state index in [0.717, 1.165) is 38.6 Å². The van der Waals surface area contributed by atoms with Crippen LogP contribution in [0.3, 0.4) is 0 Å². The number of fused-ring (bicyclic) bond motifs is 1. The molecule has 0 saturated carbocycles. The molecule has 40 heavy (non-hydrogen) atoms. The lowest BCUT2D eigenvalue weighted by Gasteiger charge is -2.13. The van der Waals surface area contributed by atoms with Crippen molar-refractivity contribution in [1.82, 2.24) is 23.4 Å². The summed E-state index contributed by atoms with van der Waals surface area (Å²) >= 11 is 0. The van der Waals surface area contributed by atoms with Crippen LogP contribution in [0.5, 0.6) is 17.5 Å². The van der Waals surface area contributed by atoms with Crippen LogP contribution >= 0.6 is 0 Å². The number of benzene rings is 2. The van der Waals surface area contributed by atoms with Crippen LogP contribution in [0.25, 0.3) is 11.2 Å². The lowest BCUT2D eigenvalue weighted by atomic mass is 10.1. The van der Waals surface area contributed by atoms with Gasteiger partial charge in [0.05, 0.1) is 12.8 Å². The Morgan fingerprint density at radius 2 is 1.70 bits per heavy atom. The van der Waals surface area contributed by atoms with Crippen LogP contribution in [-0.2, 0) is 30.2 Å². The average Bonchev–Trinajstić information content (AvgIpc) is 3.20. The Labute approximate surface area is 226 Å². The molecular weight excluding hydrogens is 555 g/mol. The van der Waals surface area contributed by atoms with Crippen molar-refractivity contribution in [2.24, 2.45) is 7.05 Å². The Morgan fingerprint density at radius 3 is 2.35 bits per heavy atom. The average molecular weight is 582 g/mol. The number of ether oxygens (including phenoxy) is 2. The number of rotatable bonds is 10. The highest BCUT2D eigenvalue weighted by Gasteiger charge is 2.31. The quantitative estimate of drug-likeness (QED) is 0.286. The Bertz CT molecular complexity index is 1760. The van der Waals surface area contributed by atoms with Crippen molar-refractivity contribution in [3.63, 3.8) is 0 Å². The zero-order valence-electron chi connectivity index (χ0n) is 21.7. The van der Waals surface area contributed by atoms with Crippen molar-refractivity contribution in [1.29, 1.82) is 0 Å². The number of hydrogen-bond donors (Lipinski definition) is 1.